The van der Waals surface area contributed by atoms with Gasteiger partial charge in [-0.2, -0.15) is 0 Å². The molecule has 2 aromatic rings. The highest BCUT2D eigenvalue weighted by Crippen LogP contribution is 2.40. The van der Waals surface area contributed by atoms with Crippen molar-refractivity contribution in [2.45, 2.75) is 39.5 Å². The maximum absolute atomic E-state index is 12.7. The van der Waals surface area contributed by atoms with Crippen molar-refractivity contribution in [2.75, 3.05) is 19.0 Å². The molecule has 1 saturated carbocycles. The van der Waals surface area contributed by atoms with Crippen LogP contribution in [0, 0.1) is 11.8 Å². The van der Waals surface area contributed by atoms with Crippen molar-refractivity contribution >= 4 is 17.5 Å². The zero-order chi connectivity index (χ0) is 20.8. The molecule has 0 heterocycles. The molecule has 0 radical (unpaired) electrons. The van der Waals surface area contributed by atoms with Gasteiger partial charge in [-0.15, -0.1) is 0 Å². The lowest BCUT2D eigenvalue weighted by molar-refractivity contribution is -0.125. The Morgan fingerprint density at radius 3 is 2.21 bits per heavy atom. The number of hydrogen-bond donors (Lipinski definition) is 2. The molecular formula is C24H30N2O3. The van der Waals surface area contributed by atoms with Crippen molar-refractivity contribution in [2.24, 2.45) is 11.8 Å². The minimum absolute atomic E-state index is 0.0421. The number of amides is 2. The average molecular weight is 395 g/mol. The molecule has 5 heteroatoms. The van der Waals surface area contributed by atoms with Crippen LogP contribution in [-0.2, 0) is 28.9 Å². The SMILES string of the molecule is CCc1cccc(CC)c1NC(=O)C1CC1C(=O)NCCc1ccccc1OC. The van der Waals surface area contributed by atoms with Crippen LogP contribution in [0.15, 0.2) is 42.5 Å². The van der Waals surface area contributed by atoms with E-state index in [0.717, 1.165) is 41.0 Å². The summed E-state index contributed by atoms with van der Waals surface area (Å²) in [6, 6.07) is 13.9. The number of benzene rings is 2. The van der Waals surface area contributed by atoms with Crippen LogP contribution in [0.5, 0.6) is 5.75 Å². The van der Waals surface area contributed by atoms with Crippen LogP contribution in [0.1, 0.15) is 37.0 Å². The molecule has 2 unspecified atom stereocenters. The van der Waals surface area contributed by atoms with Gasteiger partial charge in [0.2, 0.25) is 11.8 Å². The van der Waals surface area contributed by atoms with Gasteiger partial charge in [-0.3, -0.25) is 9.59 Å². The second-order valence-corrected chi connectivity index (χ2v) is 7.45. The van der Waals surface area contributed by atoms with Crippen molar-refractivity contribution in [3.63, 3.8) is 0 Å². The molecule has 0 aliphatic heterocycles. The molecule has 0 spiro atoms. The van der Waals surface area contributed by atoms with Crippen LogP contribution in [0.4, 0.5) is 5.69 Å². The number of anilines is 1. The van der Waals surface area contributed by atoms with Crippen molar-refractivity contribution in [3.05, 3.63) is 59.2 Å². The summed E-state index contributed by atoms with van der Waals surface area (Å²) in [5, 5.41) is 6.05. The minimum Gasteiger partial charge on any atom is -0.496 e. The Bertz CT molecular complexity index is 856. The molecule has 0 saturated heterocycles. The van der Waals surface area contributed by atoms with E-state index in [1.165, 1.54) is 0 Å². The smallest absolute Gasteiger partial charge is 0.228 e. The van der Waals surface area contributed by atoms with Gasteiger partial charge in [-0.1, -0.05) is 50.2 Å². The Labute approximate surface area is 172 Å². The summed E-state index contributed by atoms with van der Waals surface area (Å²) in [7, 11) is 1.64. The summed E-state index contributed by atoms with van der Waals surface area (Å²) >= 11 is 0. The van der Waals surface area contributed by atoms with Gasteiger partial charge in [0, 0.05) is 12.2 Å². The number of methoxy groups -OCH3 is 1. The molecule has 2 N–H and O–H groups in total. The maximum atomic E-state index is 12.7. The third-order valence-electron chi connectivity index (χ3n) is 5.60. The predicted octanol–water partition coefficient (Wildman–Crippen LogP) is 3.75. The van der Waals surface area contributed by atoms with E-state index in [4.69, 9.17) is 4.74 Å². The Morgan fingerprint density at radius 1 is 0.931 bits per heavy atom. The first kappa shape index (κ1) is 20.9. The number of rotatable bonds is 9. The lowest BCUT2D eigenvalue weighted by Crippen LogP contribution is -2.29. The highest BCUT2D eigenvalue weighted by atomic mass is 16.5. The number of carbonyl (C=O) groups is 2. The molecule has 0 bridgehead atoms. The molecule has 5 nitrogen and oxygen atoms in total. The molecule has 1 aliphatic rings. The highest BCUT2D eigenvalue weighted by molar-refractivity contribution is 6.00. The molecule has 2 aromatic carbocycles. The third-order valence-corrected chi connectivity index (χ3v) is 5.60. The molecule has 154 valence electrons. The summed E-state index contributed by atoms with van der Waals surface area (Å²) < 4.78 is 5.34. The summed E-state index contributed by atoms with van der Waals surface area (Å²) in [5.41, 5.74) is 4.25. The quantitative estimate of drug-likeness (QED) is 0.681. The van der Waals surface area contributed by atoms with E-state index in [-0.39, 0.29) is 23.7 Å². The van der Waals surface area contributed by atoms with E-state index in [1.807, 2.05) is 42.5 Å². The van der Waals surface area contributed by atoms with Gasteiger partial charge in [-0.25, -0.2) is 0 Å². The number of aryl methyl sites for hydroxylation is 2. The molecule has 29 heavy (non-hydrogen) atoms. The van der Waals surface area contributed by atoms with Gasteiger partial charge in [0.15, 0.2) is 0 Å². The van der Waals surface area contributed by atoms with Crippen LogP contribution in [0.2, 0.25) is 0 Å². The van der Waals surface area contributed by atoms with Crippen molar-refractivity contribution in [1.82, 2.24) is 5.32 Å². The topological polar surface area (TPSA) is 67.4 Å². The average Bonchev–Trinajstić information content (AvgIpc) is 3.55. The maximum Gasteiger partial charge on any atom is 0.228 e. The standard InChI is InChI=1S/C24H30N2O3/c1-4-16-10-8-11-17(5-2)22(16)26-24(28)20-15-19(20)23(27)25-14-13-18-9-6-7-12-21(18)29-3/h6-12,19-20H,4-5,13-15H2,1-3H3,(H,25,27)(H,26,28). The monoisotopic (exact) mass is 394 g/mol. The molecule has 3 rings (SSSR count). The Morgan fingerprint density at radius 2 is 1.55 bits per heavy atom. The highest BCUT2D eigenvalue weighted by Gasteiger charge is 2.48. The summed E-state index contributed by atoms with van der Waals surface area (Å²) in [5.74, 6) is 0.263. The number of carbonyl (C=O) groups excluding carboxylic acids is 2. The van der Waals surface area contributed by atoms with Crippen molar-refractivity contribution < 1.29 is 14.3 Å². The van der Waals surface area contributed by atoms with Crippen LogP contribution in [-0.4, -0.2) is 25.5 Å². The molecule has 1 fully saturated rings. The zero-order valence-electron chi connectivity index (χ0n) is 17.5. The third kappa shape index (κ3) is 4.97. The van der Waals surface area contributed by atoms with Gasteiger partial charge in [0.05, 0.1) is 18.9 Å². The number of ether oxygens (including phenoxy) is 1. The van der Waals surface area contributed by atoms with Gasteiger partial charge in [0.25, 0.3) is 0 Å². The lowest BCUT2D eigenvalue weighted by atomic mass is 10.0. The fourth-order valence-electron chi connectivity index (χ4n) is 3.75. The first-order valence-corrected chi connectivity index (χ1v) is 10.4. The largest absolute Gasteiger partial charge is 0.496 e. The van der Waals surface area contributed by atoms with Gasteiger partial charge in [-0.05, 0) is 48.4 Å². The molecule has 2 amide bonds. The fourth-order valence-corrected chi connectivity index (χ4v) is 3.75. The van der Waals surface area contributed by atoms with Gasteiger partial charge in [0.1, 0.15) is 5.75 Å². The van der Waals surface area contributed by atoms with E-state index in [0.29, 0.717) is 19.4 Å². The van der Waals surface area contributed by atoms with E-state index < -0.39 is 0 Å². The van der Waals surface area contributed by atoms with Gasteiger partial charge >= 0.3 is 0 Å². The Kier molecular flexibility index (Phi) is 6.91. The van der Waals surface area contributed by atoms with E-state index >= 15 is 0 Å². The summed E-state index contributed by atoms with van der Waals surface area (Å²) in [6.07, 6.45) is 3.03. The van der Waals surface area contributed by atoms with Crippen molar-refractivity contribution in [1.29, 1.82) is 0 Å². The second-order valence-electron chi connectivity index (χ2n) is 7.45. The van der Waals surface area contributed by atoms with E-state index in [9.17, 15) is 9.59 Å². The number of hydrogen-bond acceptors (Lipinski definition) is 3. The number of nitrogens with one attached hydrogen (secondary N) is 2. The minimum atomic E-state index is -0.240. The van der Waals surface area contributed by atoms with Crippen LogP contribution in [0.25, 0.3) is 0 Å². The zero-order valence-corrected chi connectivity index (χ0v) is 17.5. The molecule has 0 aromatic heterocycles. The van der Waals surface area contributed by atoms with Crippen LogP contribution >= 0.6 is 0 Å². The fraction of sp³-hybridized carbons (Fsp3) is 0.417. The van der Waals surface area contributed by atoms with Gasteiger partial charge < -0.3 is 15.4 Å². The first-order chi connectivity index (χ1) is 14.1. The van der Waals surface area contributed by atoms with Crippen molar-refractivity contribution in [3.8, 4) is 5.75 Å². The Balaban J connectivity index is 1.51. The molecule has 2 atom stereocenters. The molecular weight excluding hydrogens is 364 g/mol. The normalized spacial score (nSPS) is 17.5. The first-order valence-electron chi connectivity index (χ1n) is 10.4. The van der Waals surface area contributed by atoms with Crippen LogP contribution in [0.3, 0.4) is 0 Å². The van der Waals surface area contributed by atoms with E-state index in [1.54, 1.807) is 7.11 Å². The molecule has 1 aliphatic carbocycles. The van der Waals surface area contributed by atoms with E-state index in [2.05, 4.69) is 24.5 Å². The lowest BCUT2D eigenvalue weighted by Gasteiger charge is -2.14. The number of para-hydroxylation sites is 2. The van der Waals surface area contributed by atoms with Crippen LogP contribution < -0.4 is 15.4 Å². The predicted molar refractivity (Wildman–Crippen MR) is 115 cm³/mol. The second kappa shape index (κ2) is 9.59. The Hall–Kier alpha value is -2.82. The summed E-state index contributed by atoms with van der Waals surface area (Å²) in [6.45, 7) is 4.70. The summed E-state index contributed by atoms with van der Waals surface area (Å²) in [4.78, 5) is 25.1.